The Balaban J connectivity index is 1.16. The van der Waals surface area contributed by atoms with E-state index in [1.165, 1.54) is 11.5 Å². The number of pyridine rings is 1. The minimum atomic E-state index is -1.27. The molecule has 11 nitrogen and oxygen atoms in total. The number of rotatable bonds is 16. The molecule has 0 radical (unpaired) electrons. The monoisotopic (exact) mass is 765 g/mol. The molecule has 7 rings (SSSR count). The molecule has 0 unspecified atom stereocenters. The lowest BCUT2D eigenvalue weighted by Crippen LogP contribution is -2.29. The lowest BCUT2D eigenvalue weighted by Gasteiger charge is -2.19. The van der Waals surface area contributed by atoms with Crippen molar-refractivity contribution >= 4 is 39.2 Å². The fourth-order valence-electron chi connectivity index (χ4n) is 6.24. The van der Waals surface area contributed by atoms with Gasteiger partial charge in [0.15, 0.2) is 5.82 Å². The third-order valence-electron chi connectivity index (χ3n) is 9.24. The molecule has 0 saturated heterocycles. The number of fused-ring (bicyclic) bond motifs is 1. The summed E-state index contributed by atoms with van der Waals surface area (Å²) >= 11 is 8.14. The number of hydrogen-bond donors (Lipinski definition) is 1. The fourth-order valence-corrected chi connectivity index (χ4v) is 7.16. The van der Waals surface area contributed by atoms with Crippen LogP contribution in [0.5, 0.6) is 23.1 Å². The van der Waals surface area contributed by atoms with Crippen LogP contribution < -0.4 is 18.9 Å². The summed E-state index contributed by atoms with van der Waals surface area (Å²) in [5, 5.41) is 11.7. The quantitative estimate of drug-likeness (QED) is 0.102. The number of methoxy groups -OCH3 is 1. The number of nitrogens with zero attached hydrogens (tertiary/aromatic N) is 5. The van der Waals surface area contributed by atoms with Gasteiger partial charge in [-0.05, 0) is 92.4 Å². The van der Waals surface area contributed by atoms with Gasteiger partial charge >= 0.3 is 5.97 Å². The topological polar surface area (TPSA) is 129 Å². The molecule has 278 valence electrons. The Kier molecular flexibility index (Phi) is 11.2. The first-order valence-electron chi connectivity index (χ1n) is 17.6. The number of carboxylic acid groups (broad SMARTS) is 1. The zero-order valence-corrected chi connectivity index (χ0v) is 32.0. The number of carbonyl (C=O) groups is 1. The molecule has 1 atom stereocenters. The molecule has 0 aliphatic heterocycles. The summed E-state index contributed by atoms with van der Waals surface area (Å²) in [4.78, 5) is 28.9. The lowest BCUT2D eigenvalue weighted by atomic mass is 9.94. The Morgan fingerprint density at radius 1 is 0.981 bits per heavy atom. The van der Waals surface area contributed by atoms with Crippen LogP contribution in [0.4, 0.5) is 0 Å². The second-order valence-electron chi connectivity index (χ2n) is 13.3. The van der Waals surface area contributed by atoms with E-state index < -0.39 is 12.1 Å². The Labute approximate surface area is 322 Å². The number of para-hydroxylation sites is 2. The summed E-state index contributed by atoms with van der Waals surface area (Å²) in [7, 11) is 5.59. The van der Waals surface area contributed by atoms with Crippen LogP contribution in [0.25, 0.3) is 32.6 Å². The highest BCUT2D eigenvalue weighted by Gasteiger charge is 2.33. The van der Waals surface area contributed by atoms with Gasteiger partial charge < -0.3 is 29.0 Å². The summed E-state index contributed by atoms with van der Waals surface area (Å²) in [6, 6.07) is 20.5. The van der Waals surface area contributed by atoms with Gasteiger partial charge in [0.05, 0.1) is 39.2 Å². The number of halogens is 1. The van der Waals surface area contributed by atoms with Gasteiger partial charge in [-0.3, -0.25) is 4.98 Å². The second kappa shape index (κ2) is 16.4. The Morgan fingerprint density at radius 2 is 1.76 bits per heavy atom. The largest absolute Gasteiger partial charge is 0.496 e. The molecule has 0 spiro atoms. The van der Waals surface area contributed by atoms with E-state index in [1.807, 2.05) is 80.5 Å². The van der Waals surface area contributed by atoms with Gasteiger partial charge in [0.25, 0.3) is 0 Å². The van der Waals surface area contributed by atoms with Crippen molar-refractivity contribution in [3.05, 3.63) is 107 Å². The number of aromatic nitrogens is 4. The van der Waals surface area contributed by atoms with Crippen molar-refractivity contribution in [3.63, 3.8) is 0 Å². The minimum absolute atomic E-state index is 0.0283. The van der Waals surface area contributed by atoms with Gasteiger partial charge in [-0.25, -0.2) is 14.8 Å². The number of benzene rings is 3. The molecule has 3 aromatic carbocycles. The zero-order chi connectivity index (χ0) is 37.8. The maximum atomic E-state index is 12.8. The first-order valence-corrected chi connectivity index (χ1v) is 18.8. The van der Waals surface area contributed by atoms with Crippen molar-refractivity contribution < 1.29 is 28.8 Å². The molecule has 6 aromatic rings. The predicted molar refractivity (Wildman–Crippen MR) is 209 cm³/mol. The van der Waals surface area contributed by atoms with Crippen LogP contribution >= 0.6 is 23.1 Å². The van der Waals surface area contributed by atoms with Crippen LogP contribution in [0.1, 0.15) is 41.3 Å². The Morgan fingerprint density at radius 3 is 2.52 bits per heavy atom. The van der Waals surface area contributed by atoms with Crippen molar-refractivity contribution in [2.45, 2.75) is 44.8 Å². The average Bonchev–Trinajstić information content (AvgIpc) is 3.95. The first kappa shape index (κ1) is 37.0. The van der Waals surface area contributed by atoms with Gasteiger partial charge in [0.2, 0.25) is 12.0 Å². The third kappa shape index (κ3) is 8.10. The van der Waals surface area contributed by atoms with E-state index in [4.69, 9.17) is 40.5 Å². The highest BCUT2D eigenvalue weighted by atomic mass is 35.5. The van der Waals surface area contributed by atoms with E-state index in [-0.39, 0.29) is 24.8 Å². The van der Waals surface area contributed by atoms with Gasteiger partial charge in [-0.15, -0.1) is 0 Å². The molecule has 3 heterocycles. The standard InChI is InChI=1S/C41H40ClN5O6S/c1-24-28(15-16-32(37(24)42)51-20-19-47(2)3)35-36-34(22-44-38(35)25-13-14-25)54-46-40(36)53-33(41(48)49)21-26-9-5-7-11-30(26)52-23-27-17-18-43-39(45-27)29-10-6-8-12-31(29)50-4/h5-12,15-18,22,25,33H,13-14,19-21,23H2,1-4H3,(H,48,49)/t33-/m1/s1. The van der Waals surface area contributed by atoms with Crippen molar-refractivity contribution in [1.29, 1.82) is 0 Å². The molecular formula is C41H40ClN5O6S. The van der Waals surface area contributed by atoms with Crippen LogP contribution in [0, 0.1) is 6.92 Å². The molecule has 1 aliphatic rings. The van der Waals surface area contributed by atoms with E-state index in [0.29, 0.717) is 46.0 Å². The normalized spacial score (nSPS) is 13.2. The number of ether oxygens (including phenoxy) is 4. The predicted octanol–water partition coefficient (Wildman–Crippen LogP) is 8.26. The summed E-state index contributed by atoms with van der Waals surface area (Å²) in [5.74, 6) is 1.71. The van der Waals surface area contributed by atoms with Crippen molar-refractivity contribution in [2.24, 2.45) is 0 Å². The lowest BCUT2D eigenvalue weighted by molar-refractivity contribution is -0.145. The zero-order valence-electron chi connectivity index (χ0n) is 30.4. The van der Waals surface area contributed by atoms with Crippen LogP contribution in [0.15, 0.2) is 79.1 Å². The maximum absolute atomic E-state index is 12.8. The highest BCUT2D eigenvalue weighted by Crippen LogP contribution is 2.50. The molecule has 1 fully saturated rings. The fraction of sp³-hybridized carbons (Fsp3) is 0.293. The van der Waals surface area contributed by atoms with Gasteiger partial charge in [0, 0.05) is 36.8 Å². The first-order chi connectivity index (χ1) is 26.2. The van der Waals surface area contributed by atoms with E-state index >= 15 is 0 Å². The molecule has 0 bridgehead atoms. The second-order valence-corrected chi connectivity index (χ2v) is 14.5. The van der Waals surface area contributed by atoms with Gasteiger partial charge in [-0.2, -0.15) is 4.37 Å². The SMILES string of the molecule is COc1ccccc1-c1nccc(COc2ccccc2C[C@@H](Oc2nsc3cnc(C4CC4)c(-c4ccc(OCCN(C)C)c(Cl)c4C)c23)C(=O)O)n1. The number of aliphatic carboxylic acids is 1. The molecule has 1 saturated carbocycles. The number of carboxylic acids is 1. The van der Waals surface area contributed by atoms with E-state index in [0.717, 1.165) is 57.4 Å². The smallest absolute Gasteiger partial charge is 0.345 e. The molecule has 1 aliphatic carbocycles. The summed E-state index contributed by atoms with van der Waals surface area (Å²) in [5.41, 5.74) is 5.59. The van der Waals surface area contributed by atoms with Gasteiger partial charge in [0.1, 0.15) is 30.5 Å². The van der Waals surface area contributed by atoms with Crippen molar-refractivity contribution in [2.75, 3.05) is 34.4 Å². The van der Waals surface area contributed by atoms with E-state index in [2.05, 4.69) is 9.36 Å². The van der Waals surface area contributed by atoms with Gasteiger partial charge in [-0.1, -0.05) is 48.0 Å². The van der Waals surface area contributed by atoms with E-state index in [1.54, 1.807) is 31.6 Å². The highest BCUT2D eigenvalue weighted by molar-refractivity contribution is 7.13. The number of hydrogen-bond acceptors (Lipinski definition) is 11. The van der Waals surface area contributed by atoms with Crippen LogP contribution in [0.3, 0.4) is 0 Å². The molecular weight excluding hydrogens is 726 g/mol. The number of likely N-dealkylation sites (N-methyl/N-ethyl adjacent to an activating group) is 1. The summed E-state index contributed by atoms with van der Waals surface area (Å²) in [6.07, 6.45) is 4.28. The van der Waals surface area contributed by atoms with Crippen LogP contribution in [-0.2, 0) is 17.8 Å². The maximum Gasteiger partial charge on any atom is 0.345 e. The molecule has 3 aromatic heterocycles. The minimum Gasteiger partial charge on any atom is -0.496 e. The van der Waals surface area contributed by atoms with Crippen LogP contribution in [-0.4, -0.2) is 75.8 Å². The summed E-state index contributed by atoms with van der Waals surface area (Å²) < 4.78 is 29.5. The van der Waals surface area contributed by atoms with Crippen LogP contribution in [0.2, 0.25) is 5.02 Å². The summed E-state index contributed by atoms with van der Waals surface area (Å²) in [6.45, 7) is 3.35. The molecule has 0 amide bonds. The van der Waals surface area contributed by atoms with Crippen molar-refractivity contribution in [1.82, 2.24) is 24.2 Å². The Bertz CT molecular complexity index is 2290. The molecule has 13 heteroatoms. The molecule has 54 heavy (non-hydrogen) atoms. The molecule has 1 N–H and O–H groups in total. The Hall–Kier alpha value is -5.30. The van der Waals surface area contributed by atoms with E-state index in [9.17, 15) is 9.90 Å². The van der Waals surface area contributed by atoms with Crippen molar-refractivity contribution in [3.8, 4) is 45.6 Å². The average molecular weight is 766 g/mol. The third-order valence-corrected chi connectivity index (χ3v) is 10.5.